The van der Waals surface area contributed by atoms with Crippen LogP contribution in [0.1, 0.15) is 45.2 Å². The Balaban J connectivity index is 2.67. The average Bonchev–Trinajstić information content (AvgIpc) is 2.55. The summed E-state index contributed by atoms with van der Waals surface area (Å²) in [7, 11) is 0. The van der Waals surface area contributed by atoms with Gasteiger partial charge in [-0.15, -0.1) is 0 Å². The molecule has 1 rings (SSSR count). The van der Waals surface area contributed by atoms with Crippen molar-refractivity contribution >= 4 is 5.96 Å². The van der Waals surface area contributed by atoms with E-state index in [4.69, 9.17) is 0 Å². The molecule has 0 saturated carbocycles. The topological polar surface area (TPSA) is 39.7 Å². The molecule has 0 radical (unpaired) electrons. The molecule has 1 aromatic carbocycles. The molecule has 0 spiro atoms. The SMILES string of the molecule is CCCNC(=NCc1cccc(CN(CC)CC)c1)NCC. The highest BCUT2D eigenvalue weighted by Crippen LogP contribution is 2.09. The van der Waals surface area contributed by atoms with Gasteiger partial charge in [-0.2, -0.15) is 0 Å². The fourth-order valence-electron chi connectivity index (χ4n) is 2.29. The Labute approximate surface area is 136 Å². The third kappa shape index (κ3) is 6.94. The van der Waals surface area contributed by atoms with Crippen LogP contribution in [0, 0.1) is 0 Å². The van der Waals surface area contributed by atoms with Crippen molar-refractivity contribution in [1.29, 1.82) is 0 Å². The summed E-state index contributed by atoms with van der Waals surface area (Å²) >= 11 is 0. The predicted octanol–water partition coefficient (Wildman–Crippen LogP) is 2.99. The summed E-state index contributed by atoms with van der Waals surface area (Å²) in [5.74, 6) is 0.901. The van der Waals surface area contributed by atoms with Crippen LogP contribution in [0.2, 0.25) is 0 Å². The molecule has 4 nitrogen and oxygen atoms in total. The normalized spacial score (nSPS) is 11.8. The number of guanidine groups is 1. The minimum Gasteiger partial charge on any atom is -0.357 e. The van der Waals surface area contributed by atoms with Gasteiger partial charge >= 0.3 is 0 Å². The minimum absolute atomic E-state index is 0.713. The van der Waals surface area contributed by atoms with Crippen molar-refractivity contribution in [2.45, 2.75) is 47.2 Å². The Morgan fingerprint density at radius 2 is 1.77 bits per heavy atom. The fourth-order valence-corrected chi connectivity index (χ4v) is 2.29. The van der Waals surface area contributed by atoms with Crippen LogP contribution >= 0.6 is 0 Å². The lowest BCUT2D eigenvalue weighted by Gasteiger charge is -2.18. The average molecular weight is 304 g/mol. The molecule has 0 atom stereocenters. The van der Waals surface area contributed by atoms with Gasteiger partial charge in [0, 0.05) is 19.6 Å². The fraction of sp³-hybridized carbons (Fsp3) is 0.611. The quantitative estimate of drug-likeness (QED) is 0.544. The third-order valence-corrected chi connectivity index (χ3v) is 3.60. The van der Waals surface area contributed by atoms with Gasteiger partial charge in [0.1, 0.15) is 0 Å². The first-order valence-corrected chi connectivity index (χ1v) is 8.55. The molecule has 22 heavy (non-hydrogen) atoms. The first-order chi connectivity index (χ1) is 10.7. The summed E-state index contributed by atoms with van der Waals surface area (Å²) in [6.07, 6.45) is 1.10. The summed E-state index contributed by atoms with van der Waals surface area (Å²) in [5.41, 5.74) is 2.63. The number of rotatable bonds is 9. The second-order valence-corrected chi connectivity index (χ2v) is 5.40. The van der Waals surface area contributed by atoms with Crippen molar-refractivity contribution in [3.8, 4) is 0 Å². The van der Waals surface area contributed by atoms with Crippen molar-refractivity contribution in [3.05, 3.63) is 35.4 Å². The van der Waals surface area contributed by atoms with Crippen LogP contribution in [0.25, 0.3) is 0 Å². The van der Waals surface area contributed by atoms with E-state index in [1.165, 1.54) is 11.1 Å². The van der Waals surface area contributed by atoms with E-state index in [-0.39, 0.29) is 0 Å². The molecule has 0 unspecified atom stereocenters. The zero-order valence-electron chi connectivity index (χ0n) is 14.7. The number of nitrogens with zero attached hydrogens (tertiary/aromatic N) is 2. The van der Waals surface area contributed by atoms with Crippen molar-refractivity contribution in [2.75, 3.05) is 26.2 Å². The first kappa shape index (κ1) is 18.5. The summed E-state index contributed by atoms with van der Waals surface area (Å²) < 4.78 is 0. The Morgan fingerprint density at radius 1 is 1.05 bits per heavy atom. The lowest BCUT2D eigenvalue weighted by molar-refractivity contribution is 0.296. The van der Waals surface area contributed by atoms with Gasteiger partial charge in [-0.25, -0.2) is 4.99 Å². The maximum atomic E-state index is 4.66. The number of nitrogens with one attached hydrogen (secondary N) is 2. The summed E-state index contributed by atoms with van der Waals surface area (Å²) in [6.45, 7) is 14.4. The van der Waals surface area contributed by atoms with E-state index in [2.05, 4.69) is 72.5 Å². The standard InChI is InChI=1S/C18H32N4/c1-5-12-20-18(19-6-2)21-14-16-10-9-11-17(13-16)15-22(7-3)8-4/h9-11,13H,5-8,12,14-15H2,1-4H3,(H2,19,20,21). The van der Waals surface area contributed by atoms with Crippen LogP contribution in [0.3, 0.4) is 0 Å². The molecule has 0 aliphatic rings. The zero-order chi connectivity index (χ0) is 16.2. The molecule has 4 heteroatoms. The van der Waals surface area contributed by atoms with Gasteiger partial charge in [-0.3, -0.25) is 4.90 Å². The van der Waals surface area contributed by atoms with Crippen LogP contribution < -0.4 is 10.6 Å². The van der Waals surface area contributed by atoms with Gasteiger partial charge in [0.25, 0.3) is 0 Å². The van der Waals surface area contributed by atoms with Crippen molar-refractivity contribution < 1.29 is 0 Å². The molecule has 0 fully saturated rings. The second kappa shape index (κ2) is 11.1. The highest BCUT2D eigenvalue weighted by molar-refractivity contribution is 5.79. The number of hydrogen-bond donors (Lipinski definition) is 2. The molecule has 0 aromatic heterocycles. The number of benzene rings is 1. The Kier molecular flexibility index (Phi) is 9.31. The Morgan fingerprint density at radius 3 is 2.41 bits per heavy atom. The maximum absolute atomic E-state index is 4.66. The number of aliphatic imine (C=N–C) groups is 1. The van der Waals surface area contributed by atoms with Crippen molar-refractivity contribution in [3.63, 3.8) is 0 Å². The van der Waals surface area contributed by atoms with E-state index >= 15 is 0 Å². The van der Waals surface area contributed by atoms with Crippen LogP contribution in [-0.4, -0.2) is 37.0 Å². The van der Waals surface area contributed by atoms with E-state index in [1.807, 2.05) is 0 Å². The highest BCUT2D eigenvalue weighted by atomic mass is 15.2. The first-order valence-electron chi connectivity index (χ1n) is 8.55. The van der Waals surface area contributed by atoms with E-state index < -0.39 is 0 Å². The molecule has 0 saturated heterocycles. The van der Waals surface area contributed by atoms with Gasteiger partial charge in [0.2, 0.25) is 0 Å². The molecule has 0 amide bonds. The second-order valence-electron chi connectivity index (χ2n) is 5.40. The maximum Gasteiger partial charge on any atom is 0.191 e. The largest absolute Gasteiger partial charge is 0.357 e. The van der Waals surface area contributed by atoms with E-state index in [0.717, 1.165) is 45.1 Å². The summed E-state index contributed by atoms with van der Waals surface area (Å²) in [4.78, 5) is 7.09. The smallest absolute Gasteiger partial charge is 0.191 e. The van der Waals surface area contributed by atoms with Crippen molar-refractivity contribution in [1.82, 2.24) is 15.5 Å². The molecule has 0 aliphatic heterocycles. The molecule has 0 heterocycles. The lowest BCUT2D eigenvalue weighted by Crippen LogP contribution is -2.37. The number of hydrogen-bond acceptors (Lipinski definition) is 2. The van der Waals surface area contributed by atoms with Crippen molar-refractivity contribution in [2.24, 2.45) is 4.99 Å². The molecule has 0 aliphatic carbocycles. The van der Waals surface area contributed by atoms with Crippen LogP contribution in [0.5, 0.6) is 0 Å². The van der Waals surface area contributed by atoms with Gasteiger partial charge in [0.05, 0.1) is 6.54 Å². The summed E-state index contributed by atoms with van der Waals surface area (Å²) in [6, 6.07) is 8.76. The van der Waals surface area contributed by atoms with Gasteiger partial charge < -0.3 is 10.6 Å². The van der Waals surface area contributed by atoms with E-state index in [0.29, 0.717) is 6.54 Å². The third-order valence-electron chi connectivity index (χ3n) is 3.60. The van der Waals surface area contributed by atoms with E-state index in [1.54, 1.807) is 0 Å². The summed E-state index contributed by atoms with van der Waals surface area (Å²) in [5, 5.41) is 6.62. The monoisotopic (exact) mass is 304 g/mol. The zero-order valence-corrected chi connectivity index (χ0v) is 14.7. The Bertz CT molecular complexity index is 438. The van der Waals surface area contributed by atoms with Gasteiger partial charge in [-0.1, -0.05) is 45.0 Å². The molecule has 124 valence electrons. The lowest BCUT2D eigenvalue weighted by atomic mass is 10.1. The molecular formula is C18H32N4. The van der Waals surface area contributed by atoms with Gasteiger partial charge in [0.15, 0.2) is 5.96 Å². The minimum atomic E-state index is 0.713. The molecular weight excluding hydrogens is 272 g/mol. The highest BCUT2D eigenvalue weighted by Gasteiger charge is 2.02. The predicted molar refractivity (Wildman–Crippen MR) is 96.2 cm³/mol. The van der Waals surface area contributed by atoms with Gasteiger partial charge in [-0.05, 0) is 37.6 Å². The van der Waals surface area contributed by atoms with E-state index in [9.17, 15) is 0 Å². The molecule has 1 aromatic rings. The molecule has 0 bridgehead atoms. The Hall–Kier alpha value is -1.55. The molecule has 2 N–H and O–H groups in total. The van der Waals surface area contributed by atoms with Crippen LogP contribution in [0.4, 0.5) is 0 Å². The van der Waals surface area contributed by atoms with Crippen LogP contribution in [0.15, 0.2) is 29.3 Å². The van der Waals surface area contributed by atoms with Crippen LogP contribution in [-0.2, 0) is 13.1 Å².